The Morgan fingerprint density at radius 1 is 1.23 bits per heavy atom. The predicted molar refractivity (Wildman–Crippen MR) is 111 cm³/mol. The summed E-state index contributed by atoms with van der Waals surface area (Å²) in [5, 5.41) is 12.1. The Hall–Kier alpha value is -3.55. The van der Waals surface area contributed by atoms with E-state index in [9.17, 15) is 19.5 Å². The average Bonchev–Trinajstić information content (AvgIpc) is 2.69. The first-order valence-electron chi connectivity index (χ1n) is 9.58. The zero-order valence-electron chi connectivity index (χ0n) is 17.3. The lowest BCUT2D eigenvalue weighted by molar-refractivity contribution is -0.134. The monoisotopic (exact) mass is 412 g/mol. The number of carbonyl (C=O) groups excluding carboxylic acids is 2. The van der Waals surface area contributed by atoms with Crippen molar-refractivity contribution in [1.29, 1.82) is 0 Å². The number of carboxylic acid groups (broad SMARTS) is 1. The predicted octanol–water partition coefficient (Wildman–Crippen LogP) is 3.31. The van der Waals surface area contributed by atoms with Crippen LogP contribution in [0.2, 0.25) is 0 Å². The molecule has 0 aliphatic carbocycles. The van der Waals surface area contributed by atoms with Gasteiger partial charge in [-0.05, 0) is 58.0 Å². The molecular formula is C22H24N2O6. The van der Waals surface area contributed by atoms with Crippen LogP contribution in [0.25, 0.3) is 0 Å². The molecule has 0 fully saturated rings. The second-order valence-electron chi connectivity index (χ2n) is 7.37. The summed E-state index contributed by atoms with van der Waals surface area (Å²) in [4.78, 5) is 38.8. The van der Waals surface area contributed by atoms with Crippen LogP contribution in [-0.2, 0) is 9.59 Å². The van der Waals surface area contributed by atoms with Crippen LogP contribution in [-0.4, -0.2) is 41.1 Å². The molecule has 2 aromatic carbocycles. The number of ether oxygens (including phenoxy) is 2. The summed E-state index contributed by atoms with van der Waals surface area (Å²) in [6.07, 6.45) is 0. The third-order valence-corrected chi connectivity index (χ3v) is 4.78. The number of aromatic carboxylic acids is 1. The highest BCUT2D eigenvalue weighted by Crippen LogP contribution is 2.40. The third-order valence-electron chi connectivity index (χ3n) is 4.78. The number of carbonyl (C=O) groups is 3. The number of anilines is 2. The summed E-state index contributed by atoms with van der Waals surface area (Å²) in [5.74, 6) is -1.18. The highest BCUT2D eigenvalue weighted by atomic mass is 16.5. The van der Waals surface area contributed by atoms with Crippen molar-refractivity contribution < 1.29 is 29.0 Å². The number of carboxylic acids is 1. The van der Waals surface area contributed by atoms with E-state index < -0.39 is 29.4 Å². The van der Waals surface area contributed by atoms with Crippen LogP contribution in [0.5, 0.6) is 11.5 Å². The lowest BCUT2D eigenvalue weighted by atomic mass is 10.0. The Morgan fingerprint density at radius 2 is 1.93 bits per heavy atom. The summed E-state index contributed by atoms with van der Waals surface area (Å²) < 4.78 is 11.3. The van der Waals surface area contributed by atoms with Gasteiger partial charge in [-0.1, -0.05) is 12.1 Å². The van der Waals surface area contributed by atoms with Crippen LogP contribution in [0.15, 0.2) is 42.5 Å². The minimum absolute atomic E-state index is 0.0100. The van der Waals surface area contributed by atoms with Crippen molar-refractivity contribution in [1.82, 2.24) is 0 Å². The topological polar surface area (TPSA) is 105 Å². The van der Waals surface area contributed by atoms with Gasteiger partial charge in [0.15, 0.2) is 5.60 Å². The molecule has 2 aromatic rings. The normalized spacial score (nSPS) is 15.6. The van der Waals surface area contributed by atoms with Gasteiger partial charge in [-0.3, -0.25) is 14.5 Å². The van der Waals surface area contributed by atoms with Crippen LogP contribution < -0.4 is 19.7 Å². The van der Waals surface area contributed by atoms with Gasteiger partial charge in [-0.15, -0.1) is 0 Å². The summed E-state index contributed by atoms with van der Waals surface area (Å²) in [5.41, 5.74) is -0.505. The van der Waals surface area contributed by atoms with Crippen molar-refractivity contribution in [2.75, 3.05) is 16.8 Å². The zero-order chi connectivity index (χ0) is 22.1. The molecule has 0 aromatic heterocycles. The molecule has 3 rings (SSSR count). The van der Waals surface area contributed by atoms with Crippen LogP contribution in [0.3, 0.4) is 0 Å². The van der Waals surface area contributed by atoms with E-state index in [1.807, 2.05) is 6.92 Å². The molecule has 30 heavy (non-hydrogen) atoms. The number of para-hydroxylation sites is 2. The number of benzene rings is 2. The lowest BCUT2D eigenvalue weighted by Crippen LogP contribution is -2.58. The van der Waals surface area contributed by atoms with Gasteiger partial charge in [-0.2, -0.15) is 0 Å². The molecule has 8 nitrogen and oxygen atoms in total. The maximum atomic E-state index is 13.1. The van der Waals surface area contributed by atoms with Crippen molar-refractivity contribution in [2.24, 2.45) is 0 Å². The van der Waals surface area contributed by atoms with E-state index in [1.54, 1.807) is 45.0 Å². The first kappa shape index (κ1) is 21.2. The van der Waals surface area contributed by atoms with Crippen LogP contribution in [0.4, 0.5) is 11.4 Å². The SMILES string of the molecule is CCOc1ccccc1NC(=O)C(C)N1C(=O)C(C)(C)Oc2ccc(C(=O)O)cc21. The van der Waals surface area contributed by atoms with Crippen molar-refractivity contribution >= 4 is 29.2 Å². The molecule has 2 N–H and O–H groups in total. The molecular weight excluding hydrogens is 388 g/mol. The van der Waals surface area contributed by atoms with E-state index in [0.29, 0.717) is 23.8 Å². The Morgan fingerprint density at radius 3 is 2.60 bits per heavy atom. The van der Waals surface area contributed by atoms with Crippen molar-refractivity contribution in [3.8, 4) is 11.5 Å². The Kier molecular flexibility index (Phi) is 5.69. The summed E-state index contributed by atoms with van der Waals surface area (Å²) in [6.45, 7) is 7.06. The zero-order valence-corrected chi connectivity index (χ0v) is 17.3. The number of amides is 2. The van der Waals surface area contributed by atoms with E-state index >= 15 is 0 Å². The number of hydrogen-bond donors (Lipinski definition) is 2. The molecule has 1 aliphatic heterocycles. The molecule has 0 saturated heterocycles. The first-order valence-corrected chi connectivity index (χ1v) is 9.58. The number of hydrogen-bond acceptors (Lipinski definition) is 5. The van der Waals surface area contributed by atoms with Crippen LogP contribution >= 0.6 is 0 Å². The Labute approximate surface area is 174 Å². The molecule has 0 spiro atoms. The molecule has 0 saturated carbocycles. The molecule has 0 bridgehead atoms. The van der Waals surface area contributed by atoms with E-state index in [1.165, 1.54) is 23.1 Å². The lowest BCUT2D eigenvalue weighted by Gasteiger charge is -2.41. The molecule has 1 atom stereocenters. The van der Waals surface area contributed by atoms with Gasteiger partial charge < -0.3 is 19.9 Å². The average molecular weight is 412 g/mol. The molecule has 158 valence electrons. The summed E-state index contributed by atoms with van der Waals surface area (Å²) in [7, 11) is 0. The van der Waals surface area contributed by atoms with Crippen LogP contribution in [0, 0.1) is 0 Å². The second-order valence-corrected chi connectivity index (χ2v) is 7.37. The molecule has 1 unspecified atom stereocenters. The molecule has 0 radical (unpaired) electrons. The number of rotatable bonds is 6. The van der Waals surface area contributed by atoms with Gasteiger partial charge in [0.05, 0.1) is 23.5 Å². The van der Waals surface area contributed by atoms with Crippen molar-refractivity contribution in [3.05, 3.63) is 48.0 Å². The van der Waals surface area contributed by atoms with Gasteiger partial charge in [0, 0.05) is 0 Å². The standard InChI is InChI=1S/C22H24N2O6/c1-5-29-17-9-7-6-8-15(17)23-19(25)13(2)24-16-12-14(20(26)27)10-11-18(16)30-22(3,4)21(24)28/h6-13H,5H2,1-4H3,(H,23,25)(H,26,27). The minimum Gasteiger partial charge on any atom is -0.492 e. The fourth-order valence-corrected chi connectivity index (χ4v) is 3.23. The van der Waals surface area contributed by atoms with Gasteiger partial charge in [0.2, 0.25) is 5.91 Å². The number of fused-ring (bicyclic) bond motifs is 1. The van der Waals surface area contributed by atoms with Gasteiger partial charge in [0.1, 0.15) is 17.5 Å². The second kappa shape index (κ2) is 8.06. The van der Waals surface area contributed by atoms with E-state index in [4.69, 9.17) is 9.47 Å². The molecule has 2 amide bonds. The van der Waals surface area contributed by atoms with Crippen molar-refractivity contribution in [2.45, 2.75) is 39.3 Å². The van der Waals surface area contributed by atoms with Crippen LogP contribution in [0.1, 0.15) is 38.1 Å². The Balaban J connectivity index is 1.97. The third kappa shape index (κ3) is 3.94. The molecule has 1 heterocycles. The van der Waals surface area contributed by atoms with E-state index in [2.05, 4.69) is 5.32 Å². The van der Waals surface area contributed by atoms with Crippen molar-refractivity contribution in [3.63, 3.8) is 0 Å². The minimum atomic E-state index is -1.21. The quantitative estimate of drug-likeness (QED) is 0.754. The first-order chi connectivity index (χ1) is 14.2. The Bertz CT molecular complexity index is 1000. The van der Waals surface area contributed by atoms with Gasteiger partial charge in [0.25, 0.3) is 5.91 Å². The number of nitrogens with zero attached hydrogens (tertiary/aromatic N) is 1. The highest BCUT2D eigenvalue weighted by Gasteiger charge is 2.44. The maximum Gasteiger partial charge on any atom is 0.335 e. The fourth-order valence-electron chi connectivity index (χ4n) is 3.23. The van der Waals surface area contributed by atoms with E-state index in [-0.39, 0.29) is 11.3 Å². The van der Waals surface area contributed by atoms with Gasteiger partial charge >= 0.3 is 5.97 Å². The smallest absolute Gasteiger partial charge is 0.335 e. The fraction of sp³-hybridized carbons (Fsp3) is 0.318. The summed E-state index contributed by atoms with van der Waals surface area (Å²) >= 11 is 0. The molecule has 1 aliphatic rings. The maximum absolute atomic E-state index is 13.1. The van der Waals surface area contributed by atoms with E-state index in [0.717, 1.165) is 0 Å². The number of nitrogens with one attached hydrogen (secondary N) is 1. The summed E-state index contributed by atoms with van der Waals surface area (Å²) in [6, 6.07) is 10.3. The highest BCUT2D eigenvalue weighted by molar-refractivity contribution is 6.10. The largest absolute Gasteiger partial charge is 0.492 e. The molecule has 8 heteroatoms. The van der Waals surface area contributed by atoms with Gasteiger partial charge in [-0.25, -0.2) is 4.79 Å².